The van der Waals surface area contributed by atoms with Gasteiger partial charge in [0.15, 0.2) is 0 Å². The number of H-pyrrole nitrogens is 1. The van der Waals surface area contributed by atoms with Crippen LogP contribution in [0.4, 0.5) is 0 Å². The number of amides is 1. The molecule has 0 unspecified atom stereocenters. The molecule has 0 fully saturated rings. The highest BCUT2D eigenvalue weighted by molar-refractivity contribution is 5.90. The molecule has 0 atom stereocenters. The monoisotopic (exact) mass is 337 g/mol. The third-order valence-corrected chi connectivity index (χ3v) is 3.81. The summed E-state index contributed by atoms with van der Waals surface area (Å²) in [6.07, 6.45) is 9.14. The molecule has 0 aliphatic rings. The van der Waals surface area contributed by atoms with Crippen LogP contribution in [0.25, 0.3) is 17.1 Å². The van der Waals surface area contributed by atoms with Gasteiger partial charge in [-0.15, -0.1) is 0 Å². The molecule has 3 aromatic rings. The number of carbonyl (C=O) groups excluding carboxylic acids is 1. The summed E-state index contributed by atoms with van der Waals surface area (Å²) in [5.74, 6) is -0.571. The minimum Gasteiger partial charge on any atom is -0.346 e. The van der Waals surface area contributed by atoms with E-state index in [0.29, 0.717) is 6.54 Å². The number of nitrogens with zero attached hydrogens (tertiary/aromatic N) is 2. The van der Waals surface area contributed by atoms with E-state index < -0.39 is 5.91 Å². The lowest BCUT2D eigenvalue weighted by Crippen LogP contribution is -2.17. The Hall–Kier alpha value is -3.03. The highest BCUT2D eigenvalue weighted by atomic mass is 16.5. The molecule has 0 aromatic carbocycles. The molecule has 0 aliphatic heterocycles. The molecule has 0 radical (unpaired) electrons. The van der Waals surface area contributed by atoms with Crippen molar-refractivity contribution in [3.63, 3.8) is 0 Å². The second kappa shape index (κ2) is 8.18. The van der Waals surface area contributed by atoms with Crippen molar-refractivity contribution in [3.8, 4) is 0 Å². The van der Waals surface area contributed by atoms with Gasteiger partial charge in [0.25, 0.3) is 5.91 Å². The van der Waals surface area contributed by atoms with E-state index in [9.17, 15) is 4.79 Å². The van der Waals surface area contributed by atoms with Crippen LogP contribution in [0.3, 0.4) is 0 Å². The smallest absolute Gasteiger partial charge is 0.267 e. The van der Waals surface area contributed by atoms with E-state index in [1.54, 1.807) is 17.8 Å². The van der Waals surface area contributed by atoms with Crippen molar-refractivity contribution in [2.75, 3.05) is 6.54 Å². The summed E-state index contributed by atoms with van der Waals surface area (Å²) >= 11 is 0. The first kappa shape index (κ1) is 16.8. The third-order valence-electron chi connectivity index (χ3n) is 3.81. The SMILES string of the molecule is O=C(/C=C/c1ccc(CNCCc2ccnc3[nH]ccc23)nc1)NO. The van der Waals surface area contributed by atoms with Crippen LogP contribution in [0.2, 0.25) is 0 Å². The number of aromatic amines is 1. The maximum absolute atomic E-state index is 10.9. The van der Waals surface area contributed by atoms with Crippen LogP contribution in [0.5, 0.6) is 0 Å². The van der Waals surface area contributed by atoms with Crippen molar-refractivity contribution in [2.45, 2.75) is 13.0 Å². The molecule has 128 valence electrons. The molecule has 3 rings (SSSR count). The quantitative estimate of drug-likeness (QED) is 0.228. The Morgan fingerprint density at radius 3 is 2.96 bits per heavy atom. The van der Waals surface area contributed by atoms with Gasteiger partial charge in [-0.05, 0) is 48.4 Å². The summed E-state index contributed by atoms with van der Waals surface area (Å²) in [6.45, 7) is 1.51. The lowest BCUT2D eigenvalue weighted by Gasteiger charge is -2.06. The van der Waals surface area contributed by atoms with Crippen LogP contribution in [-0.2, 0) is 17.8 Å². The standard InChI is InChI=1S/C18H19N5O2/c24-17(23-25)4-2-13-1-3-15(22-11-13)12-19-8-5-14-6-9-20-18-16(14)7-10-21-18/h1-4,6-7,9-11,19,25H,5,8,12H2,(H,20,21)(H,23,24)/b4-2+. The van der Waals surface area contributed by atoms with Gasteiger partial charge in [0.2, 0.25) is 0 Å². The second-order valence-electron chi connectivity index (χ2n) is 5.53. The molecule has 1 amide bonds. The maximum Gasteiger partial charge on any atom is 0.267 e. The highest BCUT2D eigenvalue weighted by Crippen LogP contribution is 2.15. The van der Waals surface area contributed by atoms with Gasteiger partial charge < -0.3 is 10.3 Å². The zero-order valence-corrected chi connectivity index (χ0v) is 13.6. The van der Waals surface area contributed by atoms with E-state index in [-0.39, 0.29) is 0 Å². The topological polar surface area (TPSA) is 103 Å². The Labute approximate surface area is 144 Å². The van der Waals surface area contributed by atoms with Crippen LogP contribution in [0.1, 0.15) is 16.8 Å². The number of hydroxylamine groups is 1. The molecular formula is C18H19N5O2. The van der Waals surface area contributed by atoms with Crippen LogP contribution < -0.4 is 10.8 Å². The minimum absolute atomic E-state index is 0.571. The molecule has 0 aliphatic carbocycles. The summed E-state index contributed by atoms with van der Waals surface area (Å²) in [6, 6.07) is 7.86. The number of fused-ring (bicyclic) bond motifs is 1. The molecule has 0 saturated heterocycles. The average Bonchev–Trinajstić information content (AvgIpc) is 3.13. The minimum atomic E-state index is -0.571. The Morgan fingerprint density at radius 1 is 1.24 bits per heavy atom. The predicted octanol–water partition coefficient (Wildman–Crippen LogP) is 1.81. The highest BCUT2D eigenvalue weighted by Gasteiger charge is 2.02. The van der Waals surface area contributed by atoms with E-state index in [2.05, 4.69) is 20.3 Å². The Kier molecular flexibility index (Phi) is 5.50. The second-order valence-corrected chi connectivity index (χ2v) is 5.53. The van der Waals surface area contributed by atoms with Gasteiger partial charge in [-0.25, -0.2) is 10.5 Å². The number of nitrogens with one attached hydrogen (secondary N) is 3. The molecule has 7 nitrogen and oxygen atoms in total. The van der Waals surface area contributed by atoms with Crippen molar-refractivity contribution in [3.05, 3.63) is 65.8 Å². The summed E-state index contributed by atoms with van der Waals surface area (Å²) in [4.78, 5) is 22.7. The van der Waals surface area contributed by atoms with Crippen molar-refractivity contribution in [1.82, 2.24) is 25.7 Å². The van der Waals surface area contributed by atoms with Gasteiger partial charge in [-0.1, -0.05) is 6.07 Å². The number of hydrogen-bond donors (Lipinski definition) is 4. The van der Waals surface area contributed by atoms with Crippen LogP contribution >= 0.6 is 0 Å². The van der Waals surface area contributed by atoms with Crippen molar-refractivity contribution in [1.29, 1.82) is 0 Å². The molecule has 25 heavy (non-hydrogen) atoms. The Morgan fingerprint density at radius 2 is 2.16 bits per heavy atom. The van der Waals surface area contributed by atoms with E-state index in [1.165, 1.54) is 11.6 Å². The molecule has 4 N–H and O–H groups in total. The van der Waals surface area contributed by atoms with Gasteiger partial charge in [0.1, 0.15) is 5.65 Å². The van der Waals surface area contributed by atoms with Gasteiger partial charge in [0, 0.05) is 36.6 Å². The molecule has 0 bridgehead atoms. The first-order valence-corrected chi connectivity index (χ1v) is 7.95. The summed E-state index contributed by atoms with van der Waals surface area (Å²) < 4.78 is 0. The van der Waals surface area contributed by atoms with Gasteiger partial charge >= 0.3 is 0 Å². The summed E-state index contributed by atoms with van der Waals surface area (Å²) in [5.41, 5.74) is 5.43. The molecule has 3 aromatic heterocycles. The van der Waals surface area contributed by atoms with Gasteiger partial charge in [0.05, 0.1) is 5.69 Å². The first-order valence-electron chi connectivity index (χ1n) is 7.95. The molecule has 0 saturated carbocycles. The molecule has 7 heteroatoms. The van der Waals surface area contributed by atoms with Crippen molar-refractivity contribution in [2.24, 2.45) is 0 Å². The van der Waals surface area contributed by atoms with E-state index in [4.69, 9.17) is 5.21 Å². The lowest BCUT2D eigenvalue weighted by atomic mass is 10.1. The molecule has 0 spiro atoms. The van der Waals surface area contributed by atoms with E-state index >= 15 is 0 Å². The normalized spacial score (nSPS) is 11.2. The number of hydrogen-bond acceptors (Lipinski definition) is 5. The van der Waals surface area contributed by atoms with Gasteiger partial charge in [-0.3, -0.25) is 15.0 Å². The van der Waals surface area contributed by atoms with Crippen LogP contribution in [0.15, 0.2) is 48.9 Å². The fourth-order valence-corrected chi connectivity index (χ4v) is 2.52. The lowest BCUT2D eigenvalue weighted by molar-refractivity contribution is -0.124. The number of pyridine rings is 2. The van der Waals surface area contributed by atoms with Gasteiger partial charge in [-0.2, -0.15) is 0 Å². The molecular weight excluding hydrogens is 318 g/mol. The Bertz CT molecular complexity index is 871. The maximum atomic E-state index is 10.9. The van der Waals surface area contributed by atoms with E-state index in [0.717, 1.165) is 35.3 Å². The number of rotatable bonds is 7. The number of aromatic nitrogens is 3. The van der Waals surface area contributed by atoms with Crippen molar-refractivity contribution >= 4 is 23.0 Å². The number of carbonyl (C=O) groups is 1. The van der Waals surface area contributed by atoms with Crippen LogP contribution in [0, 0.1) is 0 Å². The predicted molar refractivity (Wildman–Crippen MR) is 94.7 cm³/mol. The summed E-state index contributed by atoms with van der Waals surface area (Å²) in [5, 5.41) is 13.0. The van der Waals surface area contributed by atoms with E-state index in [1.807, 2.05) is 36.7 Å². The summed E-state index contributed by atoms with van der Waals surface area (Å²) in [7, 11) is 0. The fourth-order valence-electron chi connectivity index (χ4n) is 2.52. The zero-order chi connectivity index (χ0) is 17.5. The average molecular weight is 337 g/mol. The third kappa shape index (κ3) is 4.50. The van der Waals surface area contributed by atoms with Crippen molar-refractivity contribution < 1.29 is 10.0 Å². The fraction of sp³-hybridized carbons (Fsp3) is 0.167. The first-order chi connectivity index (χ1) is 12.3. The Balaban J connectivity index is 1.48. The van der Waals surface area contributed by atoms with Crippen LogP contribution in [-0.4, -0.2) is 32.6 Å². The largest absolute Gasteiger partial charge is 0.346 e. The zero-order valence-electron chi connectivity index (χ0n) is 13.6. The molecule has 3 heterocycles.